The molecular weight excluding hydrogens is 406 g/mol. The van der Waals surface area contributed by atoms with E-state index in [1.165, 1.54) is 18.2 Å². The van der Waals surface area contributed by atoms with Crippen molar-refractivity contribution in [3.63, 3.8) is 0 Å². The quantitative estimate of drug-likeness (QED) is 0.435. The predicted octanol–water partition coefficient (Wildman–Crippen LogP) is 4.57. The third kappa shape index (κ3) is 3.83. The van der Waals surface area contributed by atoms with Gasteiger partial charge in [-0.05, 0) is 73.9 Å². The molecule has 0 bridgehead atoms. The first-order chi connectivity index (χ1) is 15.2. The largest absolute Gasteiger partial charge is 0.477 e. The molecular formula is C25H31N3O4. The van der Waals surface area contributed by atoms with Gasteiger partial charge in [0.15, 0.2) is 5.71 Å². The molecule has 0 spiro atoms. The van der Waals surface area contributed by atoms with Gasteiger partial charge in [0.25, 0.3) is 0 Å². The Morgan fingerprint density at radius 2 is 1.75 bits per heavy atom. The number of carboxylic acids is 1. The van der Waals surface area contributed by atoms with Gasteiger partial charge in [-0.1, -0.05) is 13.8 Å². The van der Waals surface area contributed by atoms with Crippen LogP contribution < -0.4 is 0 Å². The van der Waals surface area contributed by atoms with E-state index < -0.39 is 11.9 Å². The maximum absolute atomic E-state index is 13.0. The van der Waals surface area contributed by atoms with Crippen molar-refractivity contribution in [1.29, 1.82) is 0 Å². The molecule has 170 valence electrons. The molecule has 32 heavy (non-hydrogen) atoms. The fraction of sp³-hybridized carbons (Fsp3) is 0.400. The van der Waals surface area contributed by atoms with Gasteiger partial charge in [-0.15, -0.1) is 0 Å². The van der Waals surface area contributed by atoms with Crippen LogP contribution in [-0.4, -0.2) is 39.8 Å². The van der Waals surface area contributed by atoms with Crippen molar-refractivity contribution in [2.75, 3.05) is 7.11 Å². The summed E-state index contributed by atoms with van der Waals surface area (Å²) in [6.07, 6.45) is 3.92. The number of hydrogen-bond donors (Lipinski definition) is 3. The Morgan fingerprint density at radius 3 is 2.25 bits per heavy atom. The van der Waals surface area contributed by atoms with Gasteiger partial charge in [-0.25, -0.2) is 14.6 Å². The summed E-state index contributed by atoms with van der Waals surface area (Å²) in [6.45, 7) is 11.9. The van der Waals surface area contributed by atoms with Crippen LogP contribution in [0, 0.1) is 20.8 Å². The van der Waals surface area contributed by atoms with Gasteiger partial charge in [-0.2, -0.15) is 0 Å². The number of carbonyl (C=O) groups excluding carboxylic acids is 1. The molecule has 0 unspecified atom stereocenters. The number of carbonyl (C=O) groups is 2. The van der Waals surface area contributed by atoms with Crippen LogP contribution in [0.5, 0.6) is 0 Å². The number of aryl methyl sites for hydroxylation is 1. The number of allylic oxidation sites excluding steroid dienone is 1. The van der Waals surface area contributed by atoms with E-state index in [-0.39, 0.29) is 11.3 Å². The third-order valence-corrected chi connectivity index (χ3v) is 6.45. The number of carboxylic acid groups (broad SMARTS) is 1. The Labute approximate surface area is 188 Å². The molecule has 7 heteroatoms. The monoisotopic (exact) mass is 437 g/mol. The molecule has 3 N–H and O–H groups in total. The summed E-state index contributed by atoms with van der Waals surface area (Å²) >= 11 is 0. The molecule has 0 radical (unpaired) electrons. The number of methoxy groups -OCH3 is 1. The van der Waals surface area contributed by atoms with Gasteiger partial charge >= 0.3 is 11.9 Å². The fourth-order valence-electron chi connectivity index (χ4n) is 4.38. The zero-order chi connectivity index (χ0) is 23.7. The highest BCUT2D eigenvalue weighted by Crippen LogP contribution is 2.37. The highest BCUT2D eigenvalue weighted by molar-refractivity contribution is 6.44. The van der Waals surface area contributed by atoms with Gasteiger partial charge in [0.05, 0.1) is 18.5 Å². The maximum Gasteiger partial charge on any atom is 0.354 e. The van der Waals surface area contributed by atoms with Crippen molar-refractivity contribution in [1.82, 2.24) is 9.97 Å². The molecule has 3 rings (SSSR count). The first-order valence-corrected chi connectivity index (χ1v) is 10.8. The summed E-state index contributed by atoms with van der Waals surface area (Å²) in [6, 6.07) is 0. The average Bonchev–Trinajstić information content (AvgIpc) is 3.37. The van der Waals surface area contributed by atoms with E-state index in [1.807, 2.05) is 27.0 Å². The van der Waals surface area contributed by atoms with Gasteiger partial charge < -0.3 is 19.8 Å². The fourth-order valence-corrected chi connectivity index (χ4v) is 4.38. The zero-order valence-corrected chi connectivity index (χ0v) is 19.8. The number of nitrogens with zero attached hydrogens (tertiary/aromatic N) is 1. The molecule has 0 fully saturated rings. The van der Waals surface area contributed by atoms with E-state index in [0.29, 0.717) is 36.2 Å². The van der Waals surface area contributed by atoms with Gasteiger partial charge in [0.2, 0.25) is 0 Å². The Balaban J connectivity index is 2.26. The molecule has 0 amide bonds. The van der Waals surface area contributed by atoms with Gasteiger partial charge in [-0.3, -0.25) is 0 Å². The van der Waals surface area contributed by atoms with E-state index in [0.717, 1.165) is 28.1 Å². The van der Waals surface area contributed by atoms with Crippen molar-refractivity contribution in [3.05, 3.63) is 62.4 Å². The van der Waals surface area contributed by atoms with Gasteiger partial charge in [0, 0.05) is 24.0 Å². The van der Waals surface area contributed by atoms with Crippen molar-refractivity contribution in [2.24, 2.45) is 4.99 Å². The predicted molar refractivity (Wildman–Crippen MR) is 125 cm³/mol. The van der Waals surface area contributed by atoms with Crippen molar-refractivity contribution in [3.8, 4) is 0 Å². The number of rotatable bonds is 7. The number of aromatic amines is 2. The number of ether oxygens (including phenoxy) is 1. The van der Waals surface area contributed by atoms with E-state index in [1.54, 1.807) is 6.92 Å². The van der Waals surface area contributed by atoms with E-state index >= 15 is 0 Å². The summed E-state index contributed by atoms with van der Waals surface area (Å²) < 4.78 is 5.13. The normalized spacial score (nSPS) is 15.3. The lowest BCUT2D eigenvalue weighted by Crippen LogP contribution is -2.12. The molecule has 0 aliphatic carbocycles. The molecule has 0 saturated heterocycles. The SMILES string of the molecule is CCC1=C(C)C(C(=O)O)=N/C1=C(/C(=O)OC)c1[nH]c(Cc2[nH]cc(C)c2C)c(C)c1CC. The summed E-state index contributed by atoms with van der Waals surface area (Å²) in [5, 5.41) is 9.59. The van der Waals surface area contributed by atoms with Crippen molar-refractivity contribution < 1.29 is 19.4 Å². The average molecular weight is 438 g/mol. The molecule has 2 aromatic rings. The summed E-state index contributed by atoms with van der Waals surface area (Å²) in [7, 11) is 1.33. The molecule has 7 nitrogen and oxygen atoms in total. The Hall–Kier alpha value is -3.35. The van der Waals surface area contributed by atoms with E-state index in [2.05, 4.69) is 28.8 Å². The van der Waals surface area contributed by atoms with E-state index in [4.69, 9.17) is 4.74 Å². The van der Waals surface area contributed by atoms with Crippen molar-refractivity contribution in [2.45, 2.75) is 60.8 Å². The summed E-state index contributed by atoms with van der Waals surface area (Å²) in [4.78, 5) is 35.9. The number of esters is 1. The lowest BCUT2D eigenvalue weighted by atomic mass is 9.96. The first kappa shape index (κ1) is 23.3. The Kier molecular flexibility index (Phi) is 6.57. The van der Waals surface area contributed by atoms with Crippen LogP contribution in [0.2, 0.25) is 0 Å². The second-order valence-electron chi connectivity index (χ2n) is 8.13. The summed E-state index contributed by atoms with van der Waals surface area (Å²) in [5.41, 5.74) is 9.22. The van der Waals surface area contributed by atoms with Crippen molar-refractivity contribution >= 4 is 23.2 Å². The van der Waals surface area contributed by atoms with Crippen LogP contribution in [0.3, 0.4) is 0 Å². The second-order valence-corrected chi connectivity index (χ2v) is 8.13. The molecule has 1 aliphatic rings. The first-order valence-electron chi connectivity index (χ1n) is 10.8. The number of aliphatic imine (C=N–C) groups is 1. The van der Waals surface area contributed by atoms with Crippen LogP contribution in [-0.2, 0) is 27.2 Å². The highest BCUT2D eigenvalue weighted by atomic mass is 16.5. The van der Waals surface area contributed by atoms with Crippen LogP contribution in [0.4, 0.5) is 0 Å². The molecule has 2 aromatic heterocycles. The topological polar surface area (TPSA) is 108 Å². The van der Waals surface area contributed by atoms with Crippen LogP contribution >= 0.6 is 0 Å². The highest BCUT2D eigenvalue weighted by Gasteiger charge is 2.32. The number of H-pyrrole nitrogens is 2. The number of aromatic nitrogens is 2. The summed E-state index contributed by atoms with van der Waals surface area (Å²) in [5.74, 6) is -1.65. The van der Waals surface area contributed by atoms with E-state index in [9.17, 15) is 14.7 Å². The third-order valence-electron chi connectivity index (χ3n) is 6.45. The molecule has 0 atom stereocenters. The number of nitrogens with one attached hydrogen (secondary N) is 2. The minimum Gasteiger partial charge on any atom is -0.477 e. The van der Waals surface area contributed by atoms with Gasteiger partial charge in [0.1, 0.15) is 5.57 Å². The van der Waals surface area contributed by atoms with Crippen LogP contribution in [0.1, 0.15) is 66.5 Å². The minimum absolute atomic E-state index is 0.0303. The van der Waals surface area contributed by atoms with Crippen LogP contribution in [0.25, 0.3) is 5.57 Å². The second kappa shape index (κ2) is 9.02. The minimum atomic E-state index is -1.11. The Morgan fingerprint density at radius 1 is 1.06 bits per heavy atom. The molecule has 3 heterocycles. The van der Waals surface area contributed by atoms with Crippen LogP contribution in [0.15, 0.2) is 28.0 Å². The lowest BCUT2D eigenvalue weighted by Gasteiger charge is -2.11. The molecule has 0 saturated carbocycles. The number of hydrogen-bond acceptors (Lipinski definition) is 4. The number of aliphatic carboxylic acids is 1. The Bertz CT molecular complexity index is 1190. The zero-order valence-electron chi connectivity index (χ0n) is 19.8. The lowest BCUT2D eigenvalue weighted by molar-refractivity contribution is -0.134. The molecule has 1 aliphatic heterocycles. The molecule has 0 aromatic carbocycles. The standard InChI is InChI=1S/C25H31N3O4/c1-8-16-14(5)19(10-18-13(4)12(3)11-26-18)27-22(16)20(25(31)32-7)23-17(9-2)15(6)21(28-23)24(29)30/h11,26-27H,8-10H2,1-7H3,(H,29,30)/b23-20+. The smallest absolute Gasteiger partial charge is 0.354 e. The maximum atomic E-state index is 13.0.